The van der Waals surface area contributed by atoms with Crippen molar-refractivity contribution in [2.75, 3.05) is 11.9 Å². The van der Waals surface area contributed by atoms with Crippen LogP contribution in [0.15, 0.2) is 18.3 Å². The average molecular weight is 236 g/mol. The Balaban J connectivity index is 2.40. The lowest BCUT2D eigenvalue weighted by atomic mass is 10.2. The first-order valence-corrected chi connectivity index (χ1v) is 6.59. The Hall–Kier alpha value is -1.25. The lowest BCUT2D eigenvalue weighted by Gasteiger charge is -2.13. The molecule has 1 N–H and O–H groups in total. The molecule has 96 valence electrons. The van der Waals surface area contributed by atoms with Crippen molar-refractivity contribution in [2.24, 2.45) is 0 Å². The van der Waals surface area contributed by atoms with Gasteiger partial charge in [0.25, 0.3) is 0 Å². The molecule has 3 nitrogen and oxygen atoms in total. The molecule has 1 heterocycles. The fourth-order valence-electron chi connectivity index (χ4n) is 1.62. The quantitative estimate of drug-likeness (QED) is 0.696. The predicted octanol–water partition coefficient (Wildman–Crippen LogP) is 3.86. The van der Waals surface area contributed by atoms with E-state index in [0.717, 1.165) is 12.2 Å². The Labute approximate surface area is 105 Å². The van der Waals surface area contributed by atoms with Crippen LogP contribution >= 0.6 is 0 Å². The lowest BCUT2D eigenvalue weighted by molar-refractivity contribution is 0.234. The van der Waals surface area contributed by atoms with Gasteiger partial charge in [-0.15, -0.1) is 0 Å². The molecule has 0 spiro atoms. The molecular formula is C14H24N2O. The zero-order valence-corrected chi connectivity index (χ0v) is 11.2. The summed E-state index contributed by atoms with van der Waals surface area (Å²) in [6.45, 7) is 7.24. The average Bonchev–Trinajstić information content (AvgIpc) is 2.30. The zero-order chi connectivity index (χ0) is 12.5. The van der Waals surface area contributed by atoms with Gasteiger partial charge in [-0.25, -0.2) is 4.98 Å². The minimum Gasteiger partial charge on any atom is -0.473 e. The Morgan fingerprint density at radius 2 is 2.12 bits per heavy atom. The van der Waals surface area contributed by atoms with E-state index in [1.165, 1.54) is 25.7 Å². The molecule has 0 bridgehead atoms. The van der Waals surface area contributed by atoms with E-state index in [1.54, 1.807) is 6.20 Å². The molecule has 0 atom stereocenters. The molecule has 3 heteroatoms. The van der Waals surface area contributed by atoms with Crippen LogP contribution in [0.25, 0.3) is 0 Å². The van der Waals surface area contributed by atoms with Crippen LogP contribution in [0.4, 0.5) is 5.69 Å². The monoisotopic (exact) mass is 236 g/mol. The van der Waals surface area contributed by atoms with Crippen molar-refractivity contribution in [2.45, 2.75) is 52.6 Å². The molecule has 1 aromatic rings. The van der Waals surface area contributed by atoms with E-state index in [0.29, 0.717) is 5.88 Å². The number of pyridine rings is 1. The third-order valence-corrected chi connectivity index (χ3v) is 2.46. The van der Waals surface area contributed by atoms with Gasteiger partial charge in [-0.2, -0.15) is 0 Å². The van der Waals surface area contributed by atoms with Gasteiger partial charge in [0, 0.05) is 12.7 Å². The number of hydrogen-bond donors (Lipinski definition) is 1. The Kier molecular flexibility index (Phi) is 6.45. The third-order valence-electron chi connectivity index (χ3n) is 2.46. The predicted molar refractivity (Wildman–Crippen MR) is 72.6 cm³/mol. The van der Waals surface area contributed by atoms with Crippen LogP contribution in [0.3, 0.4) is 0 Å². The van der Waals surface area contributed by atoms with Crippen LogP contribution < -0.4 is 10.1 Å². The number of hydrogen-bond acceptors (Lipinski definition) is 3. The van der Waals surface area contributed by atoms with Crippen LogP contribution in [-0.4, -0.2) is 17.6 Å². The van der Waals surface area contributed by atoms with Crippen LogP contribution in [0.1, 0.15) is 46.5 Å². The molecule has 0 saturated carbocycles. The van der Waals surface area contributed by atoms with E-state index in [1.807, 2.05) is 26.0 Å². The second kappa shape index (κ2) is 7.93. The second-order valence-electron chi connectivity index (χ2n) is 4.51. The van der Waals surface area contributed by atoms with Crippen molar-refractivity contribution in [1.29, 1.82) is 0 Å². The lowest BCUT2D eigenvalue weighted by Crippen LogP contribution is -2.10. The smallest absolute Gasteiger partial charge is 0.237 e. The molecule has 0 aliphatic rings. The maximum atomic E-state index is 5.65. The molecule has 0 aliphatic carbocycles. The summed E-state index contributed by atoms with van der Waals surface area (Å²) in [4.78, 5) is 4.25. The Bertz CT molecular complexity index is 313. The van der Waals surface area contributed by atoms with Gasteiger partial charge in [0.05, 0.1) is 11.8 Å². The summed E-state index contributed by atoms with van der Waals surface area (Å²) in [6.07, 6.45) is 6.98. The van der Waals surface area contributed by atoms with Gasteiger partial charge in [0.2, 0.25) is 5.88 Å². The summed E-state index contributed by atoms with van der Waals surface area (Å²) in [5.41, 5.74) is 0.998. The highest BCUT2D eigenvalue weighted by Crippen LogP contribution is 2.21. The van der Waals surface area contributed by atoms with E-state index >= 15 is 0 Å². The number of ether oxygens (including phenoxy) is 1. The van der Waals surface area contributed by atoms with Gasteiger partial charge < -0.3 is 10.1 Å². The van der Waals surface area contributed by atoms with Crippen molar-refractivity contribution in [3.63, 3.8) is 0 Å². The third kappa shape index (κ3) is 5.57. The normalized spacial score (nSPS) is 10.6. The minimum atomic E-state index is 0.158. The molecule has 0 aliphatic heterocycles. The van der Waals surface area contributed by atoms with E-state index < -0.39 is 0 Å². The topological polar surface area (TPSA) is 34.2 Å². The Morgan fingerprint density at radius 3 is 2.82 bits per heavy atom. The van der Waals surface area contributed by atoms with E-state index in [4.69, 9.17) is 4.74 Å². The highest BCUT2D eigenvalue weighted by molar-refractivity contribution is 5.51. The molecule has 0 saturated heterocycles. The molecule has 1 aromatic heterocycles. The molecule has 0 fully saturated rings. The zero-order valence-electron chi connectivity index (χ0n) is 11.2. The molecule has 0 amide bonds. The summed E-state index contributed by atoms with van der Waals surface area (Å²) in [7, 11) is 0. The van der Waals surface area contributed by atoms with Gasteiger partial charge in [0.15, 0.2) is 0 Å². The van der Waals surface area contributed by atoms with E-state index in [2.05, 4.69) is 17.2 Å². The summed E-state index contributed by atoms with van der Waals surface area (Å²) in [5, 5.41) is 3.39. The molecule has 0 unspecified atom stereocenters. The van der Waals surface area contributed by atoms with Crippen molar-refractivity contribution in [3.05, 3.63) is 18.3 Å². The van der Waals surface area contributed by atoms with Crippen LogP contribution in [0, 0.1) is 0 Å². The fourth-order valence-corrected chi connectivity index (χ4v) is 1.62. The molecule has 1 rings (SSSR count). The minimum absolute atomic E-state index is 0.158. The molecule has 17 heavy (non-hydrogen) atoms. The first kappa shape index (κ1) is 13.8. The molecule has 0 aromatic carbocycles. The number of rotatable bonds is 8. The molecule has 0 radical (unpaired) electrons. The Morgan fingerprint density at radius 1 is 1.29 bits per heavy atom. The molecular weight excluding hydrogens is 212 g/mol. The maximum absolute atomic E-state index is 5.65. The fraction of sp³-hybridized carbons (Fsp3) is 0.643. The second-order valence-corrected chi connectivity index (χ2v) is 4.51. The van der Waals surface area contributed by atoms with Gasteiger partial charge in [0.1, 0.15) is 0 Å². The van der Waals surface area contributed by atoms with Gasteiger partial charge >= 0.3 is 0 Å². The van der Waals surface area contributed by atoms with Gasteiger partial charge in [-0.05, 0) is 32.4 Å². The SMILES string of the molecule is CCCCCCNc1cccnc1OC(C)C. The van der Waals surface area contributed by atoms with E-state index in [-0.39, 0.29) is 6.10 Å². The number of nitrogens with zero attached hydrogens (tertiary/aromatic N) is 1. The van der Waals surface area contributed by atoms with Crippen molar-refractivity contribution in [3.8, 4) is 5.88 Å². The van der Waals surface area contributed by atoms with E-state index in [9.17, 15) is 0 Å². The van der Waals surface area contributed by atoms with Crippen LogP contribution in [-0.2, 0) is 0 Å². The number of anilines is 1. The first-order valence-electron chi connectivity index (χ1n) is 6.59. The highest BCUT2D eigenvalue weighted by Gasteiger charge is 2.05. The van der Waals surface area contributed by atoms with Crippen LogP contribution in [0.2, 0.25) is 0 Å². The van der Waals surface area contributed by atoms with Crippen LogP contribution in [0.5, 0.6) is 5.88 Å². The summed E-state index contributed by atoms with van der Waals surface area (Å²) < 4.78 is 5.65. The van der Waals surface area contributed by atoms with Gasteiger partial charge in [-0.3, -0.25) is 0 Å². The van der Waals surface area contributed by atoms with Crippen molar-refractivity contribution < 1.29 is 4.74 Å². The standard InChI is InChI=1S/C14H24N2O/c1-4-5-6-7-10-15-13-9-8-11-16-14(13)17-12(2)3/h8-9,11-12,15H,4-7,10H2,1-3H3. The highest BCUT2D eigenvalue weighted by atomic mass is 16.5. The number of unbranched alkanes of at least 4 members (excludes halogenated alkanes) is 3. The summed E-state index contributed by atoms with van der Waals surface area (Å²) in [6, 6.07) is 3.95. The number of nitrogens with one attached hydrogen (secondary N) is 1. The first-order chi connectivity index (χ1) is 8.24. The van der Waals surface area contributed by atoms with Gasteiger partial charge in [-0.1, -0.05) is 26.2 Å². The van der Waals surface area contributed by atoms with Crippen molar-refractivity contribution in [1.82, 2.24) is 4.98 Å². The summed E-state index contributed by atoms with van der Waals surface area (Å²) in [5.74, 6) is 0.706. The number of aromatic nitrogens is 1. The van der Waals surface area contributed by atoms with Crippen molar-refractivity contribution >= 4 is 5.69 Å². The largest absolute Gasteiger partial charge is 0.473 e. The summed E-state index contributed by atoms with van der Waals surface area (Å²) >= 11 is 0. The maximum Gasteiger partial charge on any atom is 0.237 e.